The number of hydrogen-bond acceptors (Lipinski definition) is 2. The van der Waals surface area contributed by atoms with Gasteiger partial charge in [0.15, 0.2) is 0 Å². The molecule has 168 valence electrons. The van der Waals surface area contributed by atoms with Gasteiger partial charge in [-0.2, -0.15) is 0 Å². The van der Waals surface area contributed by atoms with Crippen LogP contribution in [-0.4, -0.2) is 13.7 Å². The van der Waals surface area contributed by atoms with Gasteiger partial charge in [0.25, 0.3) is 0 Å². The third kappa shape index (κ3) is 3.98. The maximum atomic E-state index is 4.99. The molecule has 0 spiro atoms. The normalized spacial score (nSPS) is 43.4. The fraction of sp³-hybridized carbons (Fsp3) is 0.926. The van der Waals surface area contributed by atoms with Crippen LogP contribution in [0.4, 0.5) is 0 Å². The van der Waals surface area contributed by atoms with Gasteiger partial charge in [-0.15, -0.1) is 0 Å². The molecule has 4 aliphatic carbocycles. The van der Waals surface area contributed by atoms with Crippen molar-refractivity contribution < 1.29 is 4.84 Å². The molecule has 1 N–H and O–H groups in total. The van der Waals surface area contributed by atoms with E-state index in [1.54, 1.807) is 7.11 Å². The van der Waals surface area contributed by atoms with Crippen LogP contribution in [0.5, 0.6) is 0 Å². The molecule has 0 aliphatic heterocycles. The van der Waals surface area contributed by atoms with Gasteiger partial charge in [-0.1, -0.05) is 65.5 Å². The average Bonchev–Trinajstić information content (AvgIpc) is 3.06. The van der Waals surface area contributed by atoms with E-state index in [1.807, 2.05) is 19.4 Å². The lowest BCUT2D eigenvalue weighted by atomic mass is 9.43. The highest BCUT2D eigenvalue weighted by molar-refractivity contribution is 5.33. The molecular weight excluding hydrogens is 354 g/mol. The lowest BCUT2D eigenvalue weighted by Crippen LogP contribution is -2.52. The van der Waals surface area contributed by atoms with Gasteiger partial charge in [0, 0.05) is 6.54 Å². The summed E-state index contributed by atoms with van der Waals surface area (Å²) in [6.45, 7) is 13.0. The molecule has 4 rings (SSSR count). The minimum Gasteiger partial charge on any atom is -0.305 e. The van der Waals surface area contributed by atoms with E-state index in [9.17, 15) is 0 Å². The first kappa shape index (κ1) is 23.3. The quantitative estimate of drug-likeness (QED) is 0.279. The second-order valence-corrected chi connectivity index (χ2v) is 11.1. The van der Waals surface area contributed by atoms with Crippen LogP contribution in [0.25, 0.3) is 0 Å². The van der Waals surface area contributed by atoms with E-state index in [1.165, 1.54) is 77.0 Å². The predicted molar refractivity (Wildman–Crippen MR) is 125 cm³/mol. The topological polar surface area (TPSA) is 21.3 Å². The fourth-order valence-electron chi connectivity index (χ4n) is 8.47. The third-order valence-corrected chi connectivity index (χ3v) is 9.92. The van der Waals surface area contributed by atoms with Crippen LogP contribution in [0, 0.1) is 34.0 Å². The Morgan fingerprint density at radius 1 is 0.966 bits per heavy atom. The number of unbranched alkanes of at least 4 members (excludes halogenated alkanes) is 1. The number of nitrogens with one attached hydrogen (secondary N) is 1. The molecule has 0 saturated heterocycles. The van der Waals surface area contributed by atoms with Gasteiger partial charge >= 0.3 is 0 Å². The zero-order chi connectivity index (χ0) is 21.1. The van der Waals surface area contributed by atoms with Gasteiger partial charge in [0.1, 0.15) is 0 Å². The fourth-order valence-corrected chi connectivity index (χ4v) is 8.47. The van der Waals surface area contributed by atoms with Crippen LogP contribution in [0.1, 0.15) is 112 Å². The van der Waals surface area contributed by atoms with Crippen LogP contribution < -0.4 is 5.48 Å². The standard InChI is InChI=1S/C25H43NO.C2H6/c1-23-15-7-5-9-20(23)13-16-25(3)21-12-11-19(10-6-8-18-26-27-4)24(21,2)17-14-22(23)25;1-2/h14,19-21,26H,5-13,15-18H2,1-4H3;1-2H3. The van der Waals surface area contributed by atoms with Crippen molar-refractivity contribution in [3.63, 3.8) is 0 Å². The highest BCUT2D eigenvalue weighted by atomic mass is 16.6. The lowest BCUT2D eigenvalue weighted by Gasteiger charge is -2.61. The minimum absolute atomic E-state index is 0.488. The molecule has 6 atom stereocenters. The summed E-state index contributed by atoms with van der Waals surface area (Å²) >= 11 is 0. The summed E-state index contributed by atoms with van der Waals surface area (Å²) in [5.74, 6) is 2.82. The highest BCUT2D eigenvalue weighted by Crippen LogP contribution is 2.70. The SMILES string of the molecule is CC.CONCCCCC1CCC2C3(C)CCC4CCCCC4(C)C3=CCC12C. The highest BCUT2D eigenvalue weighted by Gasteiger charge is 2.61. The minimum atomic E-state index is 0.488. The molecule has 0 aromatic rings. The number of fused-ring (bicyclic) bond motifs is 5. The zero-order valence-electron chi connectivity index (χ0n) is 20.4. The molecule has 4 aliphatic rings. The molecule has 0 aromatic heterocycles. The van der Waals surface area contributed by atoms with Gasteiger partial charge in [-0.3, -0.25) is 0 Å². The van der Waals surface area contributed by atoms with E-state index in [0.717, 1.165) is 24.3 Å². The Kier molecular flexibility index (Phi) is 7.58. The molecule has 6 unspecified atom stereocenters. The summed E-state index contributed by atoms with van der Waals surface area (Å²) in [5.41, 5.74) is 6.48. The summed E-state index contributed by atoms with van der Waals surface area (Å²) in [6.07, 6.45) is 19.9. The van der Waals surface area contributed by atoms with Crippen LogP contribution in [-0.2, 0) is 4.84 Å². The molecule has 29 heavy (non-hydrogen) atoms. The van der Waals surface area contributed by atoms with Gasteiger partial charge in [-0.25, -0.2) is 5.48 Å². The van der Waals surface area contributed by atoms with E-state index in [2.05, 4.69) is 32.3 Å². The summed E-state index contributed by atoms with van der Waals surface area (Å²) in [6, 6.07) is 0. The van der Waals surface area contributed by atoms with E-state index in [0.29, 0.717) is 16.2 Å². The maximum absolute atomic E-state index is 4.99. The summed E-state index contributed by atoms with van der Waals surface area (Å²) in [4.78, 5) is 4.99. The Labute approximate surface area is 181 Å². The van der Waals surface area contributed by atoms with Crippen molar-refractivity contribution in [1.29, 1.82) is 0 Å². The second-order valence-electron chi connectivity index (χ2n) is 11.1. The zero-order valence-corrected chi connectivity index (χ0v) is 20.4. The Morgan fingerprint density at radius 3 is 2.52 bits per heavy atom. The molecule has 0 amide bonds. The van der Waals surface area contributed by atoms with Crippen molar-refractivity contribution in [2.75, 3.05) is 13.7 Å². The van der Waals surface area contributed by atoms with Gasteiger partial charge in [0.05, 0.1) is 7.11 Å². The smallest absolute Gasteiger partial charge is 0.0572 e. The Bertz CT molecular complexity index is 571. The molecule has 0 heterocycles. The van der Waals surface area contributed by atoms with Gasteiger partial charge < -0.3 is 4.84 Å². The third-order valence-electron chi connectivity index (χ3n) is 9.92. The largest absolute Gasteiger partial charge is 0.305 e. The van der Waals surface area contributed by atoms with E-state index in [4.69, 9.17) is 4.84 Å². The van der Waals surface area contributed by atoms with Crippen molar-refractivity contribution in [1.82, 2.24) is 5.48 Å². The molecule has 3 saturated carbocycles. The van der Waals surface area contributed by atoms with Crippen LogP contribution in [0.2, 0.25) is 0 Å². The summed E-state index contributed by atoms with van der Waals surface area (Å²) < 4.78 is 0. The Hall–Kier alpha value is -0.340. The average molecular weight is 404 g/mol. The molecule has 0 aromatic carbocycles. The Morgan fingerprint density at radius 2 is 1.76 bits per heavy atom. The number of hydroxylamine groups is 1. The maximum Gasteiger partial charge on any atom is 0.0572 e. The van der Waals surface area contributed by atoms with Gasteiger partial charge in [0.2, 0.25) is 0 Å². The predicted octanol–water partition coefficient (Wildman–Crippen LogP) is 7.69. The van der Waals surface area contributed by atoms with Gasteiger partial charge in [-0.05, 0) is 91.8 Å². The van der Waals surface area contributed by atoms with Crippen molar-refractivity contribution in [3.8, 4) is 0 Å². The molecule has 0 radical (unpaired) electrons. The van der Waals surface area contributed by atoms with E-state index >= 15 is 0 Å². The number of allylic oxidation sites excluding steroid dienone is 2. The Balaban J connectivity index is 0.00000117. The van der Waals surface area contributed by atoms with Crippen molar-refractivity contribution >= 4 is 0 Å². The first-order valence-electron chi connectivity index (χ1n) is 12.9. The van der Waals surface area contributed by atoms with E-state index < -0.39 is 0 Å². The summed E-state index contributed by atoms with van der Waals surface area (Å²) in [5, 5.41) is 0. The molecular formula is C27H49NO. The molecule has 2 heteroatoms. The molecule has 3 fully saturated rings. The first-order valence-corrected chi connectivity index (χ1v) is 12.9. The molecule has 0 bridgehead atoms. The molecule has 2 nitrogen and oxygen atoms in total. The van der Waals surface area contributed by atoms with Crippen molar-refractivity contribution in [2.45, 2.75) is 112 Å². The number of rotatable bonds is 6. The van der Waals surface area contributed by atoms with Crippen LogP contribution in [0.3, 0.4) is 0 Å². The van der Waals surface area contributed by atoms with E-state index in [-0.39, 0.29) is 0 Å². The monoisotopic (exact) mass is 403 g/mol. The van der Waals surface area contributed by atoms with Crippen molar-refractivity contribution in [2.24, 2.45) is 34.0 Å². The number of hydrogen-bond donors (Lipinski definition) is 1. The van der Waals surface area contributed by atoms with Crippen molar-refractivity contribution in [3.05, 3.63) is 11.6 Å². The lowest BCUT2D eigenvalue weighted by molar-refractivity contribution is -0.0233. The van der Waals surface area contributed by atoms with Crippen LogP contribution in [0.15, 0.2) is 11.6 Å². The summed E-state index contributed by atoms with van der Waals surface area (Å²) in [7, 11) is 1.72. The second kappa shape index (κ2) is 9.43. The first-order chi connectivity index (χ1) is 13.9. The van der Waals surface area contributed by atoms with Crippen LogP contribution >= 0.6 is 0 Å².